The van der Waals surface area contributed by atoms with Gasteiger partial charge in [-0.05, 0) is 36.2 Å². The number of benzene rings is 1. The zero-order chi connectivity index (χ0) is 15.7. The minimum atomic E-state index is -1.04. The molecule has 0 radical (unpaired) electrons. The lowest BCUT2D eigenvalue weighted by atomic mass is 9.93. The van der Waals surface area contributed by atoms with Crippen molar-refractivity contribution in [2.45, 2.75) is 12.0 Å². The third-order valence-corrected chi connectivity index (χ3v) is 3.99. The molecule has 1 saturated heterocycles. The van der Waals surface area contributed by atoms with Gasteiger partial charge in [0.25, 0.3) is 5.91 Å². The van der Waals surface area contributed by atoms with Crippen LogP contribution in [0.2, 0.25) is 0 Å². The summed E-state index contributed by atoms with van der Waals surface area (Å²) in [7, 11) is 0. The topological polar surface area (TPSA) is 79.5 Å². The van der Waals surface area contributed by atoms with Gasteiger partial charge in [0.1, 0.15) is 17.1 Å². The van der Waals surface area contributed by atoms with Gasteiger partial charge >= 0.3 is 0 Å². The van der Waals surface area contributed by atoms with Crippen molar-refractivity contribution in [3.8, 4) is 0 Å². The molecule has 3 N–H and O–H groups in total. The van der Waals surface area contributed by atoms with Crippen LogP contribution in [0.3, 0.4) is 0 Å². The summed E-state index contributed by atoms with van der Waals surface area (Å²) in [6.45, 7) is 0.983. The summed E-state index contributed by atoms with van der Waals surface area (Å²) in [5.74, 6) is -0.919. The number of anilines is 1. The van der Waals surface area contributed by atoms with Crippen LogP contribution in [0, 0.1) is 5.82 Å². The van der Waals surface area contributed by atoms with E-state index < -0.39 is 11.5 Å². The number of carbonyl (C=O) groups excluding carboxylic acids is 1. The maximum Gasteiger partial charge on any atom is 0.267 e. The van der Waals surface area contributed by atoms with Crippen LogP contribution in [-0.2, 0) is 5.60 Å². The number of primary amides is 1. The number of pyridine rings is 1. The monoisotopic (exact) mass is 301 g/mol. The normalized spacial score (nSPS) is 21.1. The Balaban J connectivity index is 1.83. The molecule has 1 aromatic heterocycles. The highest BCUT2D eigenvalue weighted by atomic mass is 19.1. The quantitative estimate of drug-likeness (QED) is 0.898. The molecule has 2 heterocycles. The van der Waals surface area contributed by atoms with Gasteiger partial charge in [-0.1, -0.05) is 12.1 Å². The number of β-amino-alcohol motifs (C(OH)–C–C–N with tert-alkyl or cyclic N) is 1. The first-order valence-corrected chi connectivity index (χ1v) is 6.97. The molecule has 1 aliphatic heterocycles. The molecule has 5 nitrogen and oxygen atoms in total. The molecule has 6 heteroatoms. The van der Waals surface area contributed by atoms with Crippen LogP contribution < -0.4 is 10.6 Å². The highest BCUT2D eigenvalue weighted by Crippen LogP contribution is 2.34. The van der Waals surface area contributed by atoms with Crippen molar-refractivity contribution in [2.24, 2.45) is 5.73 Å². The maximum absolute atomic E-state index is 13.0. The maximum atomic E-state index is 13.0. The predicted octanol–water partition coefficient (Wildman–Crippen LogP) is 1.42. The van der Waals surface area contributed by atoms with Crippen molar-refractivity contribution in [1.82, 2.24) is 4.98 Å². The minimum Gasteiger partial charge on any atom is -0.383 e. The molecular weight excluding hydrogens is 285 g/mol. The van der Waals surface area contributed by atoms with Gasteiger partial charge < -0.3 is 15.7 Å². The van der Waals surface area contributed by atoms with Gasteiger partial charge in [-0.3, -0.25) is 9.78 Å². The van der Waals surface area contributed by atoms with E-state index in [4.69, 9.17) is 5.73 Å². The summed E-state index contributed by atoms with van der Waals surface area (Å²) in [5.41, 5.74) is 5.85. The number of halogens is 1. The fourth-order valence-electron chi connectivity index (χ4n) is 2.76. The minimum absolute atomic E-state index is 0.190. The van der Waals surface area contributed by atoms with E-state index in [1.807, 2.05) is 4.90 Å². The van der Waals surface area contributed by atoms with E-state index in [1.54, 1.807) is 24.3 Å². The average molecular weight is 301 g/mol. The zero-order valence-electron chi connectivity index (χ0n) is 11.9. The summed E-state index contributed by atoms with van der Waals surface area (Å²) >= 11 is 0. The molecule has 0 saturated carbocycles. The molecule has 22 heavy (non-hydrogen) atoms. The molecule has 114 valence electrons. The van der Waals surface area contributed by atoms with Gasteiger partial charge in [0.15, 0.2) is 0 Å². The summed E-state index contributed by atoms with van der Waals surface area (Å²) in [6.07, 6.45) is 2.04. The predicted molar refractivity (Wildman–Crippen MR) is 79.9 cm³/mol. The van der Waals surface area contributed by atoms with Crippen LogP contribution in [0.15, 0.2) is 42.6 Å². The van der Waals surface area contributed by atoms with Gasteiger partial charge in [-0.2, -0.15) is 0 Å². The highest BCUT2D eigenvalue weighted by Gasteiger charge is 2.37. The smallest absolute Gasteiger partial charge is 0.267 e. The van der Waals surface area contributed by atoms with E-state index in [0.717, 1.165) is 5.69 Å². The van der Waals surface area contributed by atoms with Crippen LogP contribution in [0.1, 0.15) is 22.5 Å². The highest BCUT2D eigenvalue weighted by molar-refractivity contribution is 5.91. The molecule has 1 amide bonds. The fourth-order valence-corrected chi connectivity index (χ4v) is 2.76. The lowest BCUT2D eigenvalue weighted by Crippen LogP contribution is -2.31. The Labute approximate surface area is 127 Å². The molecule has 1 atom stereocenters. The third kappa shape index (κ3) is 2.65. The van der Waals surface area contributed by atoms with Crippen LogP contribution in [-0.4, -0.2) is 29.1 Å². The van der Waals surface area contributed by atoms with E-state index in [1.165, 1.54) is 18.3 Å². The third-order valence-electron chi connectivity index (χ3n) is 3.99. The second kappa shape index (κ2) is 5.38. The van der Waals surface area contributed by atoms with Gasteiger partial charge in [0.2, 0.25) is 0 Å². The van der Waals surface area contributed by atoms with Crippen molar-refractivity contribution in [1.29, 1.82) is 0 Å². The Kier molecular flexibility index (Phi) is 3.54. The molecule has 3 rings (SSSR count). The number of aromatic nitrogens is 1. The van der Waals surface area contributed by atoms with E-state index in [9.17, 15) is 14.3 Å². The van der Waals surface area contributed by atoms with Crippen LogP contribution in [0.25, 0.3) is 0 Å². The lowest BCUT2D eigenvalue weighted by Gasteiger charge is -2.25. The molecule has 2 aromatic rings. The fraction of sp³-hybridized carbons (Fsp3) is 0.250. The number of amides is 1. The molecule has 1 unspecified atom stereocenters. The Hall–Kier alpha value is -2.47. The Morgan fingerprint density at radius 1 is 1.32 bits per heavy atom. The van der Waals surface area contributed by atoms with Crippen LogP contribution >= 0.6 is 0 Å². The number of nitrogens with two attached hydrogens (primary N) is 1. The molecular formula is C16H16FN3O2. The second-order valence-electron chi connectivity index (χ2n) is 5.47. The SMILES string of the molecule is NC(=O)c1cc(N2CCC(O)(c3ccc(F)cc3)C2)ccn1. The standard InChI is InChI=1S/C16H16FN3O2/c17-12-3-1-11(2-4-12)16(22)6-8-20(10-16)13-5-7-19-14(9-13)15(18)21/h1-5,7,9,22H,6,8,10H2,(H2,18,21). The molecule has 1 fully saturated rings. The summed E-state index contributed by atoms with van der Waals surface area (Å²) < 4.78 is 13.0. The first-order valence-electron chi connectivity index (χ1n) is 6.97. The van der Waals surface area contributed by atoms with Crippen molar-refractivity contribution < 1.29 is 14.3 Å². The number of rotatable bonds is 3. The average Bonchev–Trinajstić information content (AvgIpc) is 2.92. The number of hydrogen-bond donors (Lipinski definition) is 2. The van der Waals surface area contributed by atoms with Gasteiger partial charge in [-0.15, -0.1) is 0 Å². The Morgan fingerprint density at radius 2 is 2.05 bits per heavy atom. The van der Waals surface area contributed by atoms with E-state index in [-0.39, 0.29) is 11.5 Å². The summed E-state index contributed by atoms with van der Waals surface area (Å²) in [5, 5.41) is 10.8. The van der Waals surface area contributed by atoms with E-state index in [0.29, 0.717) is 25.1 Å². The van der Waals surface area contributed by atoms with Gasteiger partial charge in [-0.25, -0.2) is 4.39 Å². The number of nitrogens with zero attached hydrogens (tertiary/aromatic N) is 2. The molecule has 1 aromatic carbocycles. The van der Waals surface area contributed by atoms with Crippen LogP contribution in [0.5, 0.6) is 0 Å². The Bertz CT molecular complexity index is 705. The summed E-state index contributed by atoms with van der Waals surface area (Å²) in [4.78, 5) is 17.1. The zero-order valence-corrected chi connectivity index (χ0v) is 11.9. The summed E-state index contributed by atoms with van der Waals surface area (Å²) in [6, 6.07) is 9.25. The molecule has 0 aliphatic carbocycles. The largest absolute Gasteiger partial charge is 0.383 e. The van der Waals surface area contributed by atoms with Crippen molar-refractivity contribution in [3.05, 3.63) is 59.7 Å². The van der Waals surface area contributed by atoms with E-state index >= 15 is 0 Å². The number of carbonyl (C=O) groups is 1. The number of hydrogen-bond acceptors (Lipinski definition) is 4. The molecule has 0 bridgehead atoms. The van der Waals surface area contributed by atoms with Gasteiger partial charge in [0.05, 0.1) is 6.54 Å². The Morgan fingerprint density at radius 3 is 2.73 bits per heavy atom. The van der Waals surface area contributed by atoms with E-state index in [2.05, 4.69) is 4.98 Å². The number of aliphatic hydroxyl groups is 1. The van der Waals surface area contributed by atoms with Crippen molar-refractivity contribution in [2.75, 3.05) is 18.0 Å². The van der Waals surface area contributed by atoms with Crippen molar-refractivity contribution >= 4 is 11.6 Å². The van der Waals surface area contributed by atoms with Gasteiger partial charge in [0, 0.05) is 18.4 Å². The first-order chi connectivity index (χ1) is 10.5. The second-order valence-corrected chi connectivity index (χ2v) is 5.47. The lowest BCUT2D eigenvalue weighted by molar-refractivity contribution is 0.0606. The molecule has 1 aliphatic rings. The van der Waals surface area contributed by atoms with Crippen LogP contribution in [0.4, 0.5) is 10.1 Å². The van der Waals surface area contributed by atoms with Crippen molar-refractivity contribution in [3.63, 3.8) is 0 Å². The first kappa shape index (κ1) is 14.5. The molecule has 0 spiro atoms.